The third-order valence-electron chi connectivity index (χ3n) is 3.18. The molecular weight excluding hydrogens is 248 g/mol. The first-order chi connectivity index (χ1) is 8.64. The van der Waals surface area contributed by atoms with Crippen LogP contribution in [0.15, 0.2) is 29.2 Å². The molecule has 1 aromatic rings. The number of sulfonamides is 1. The lowest BCUT2D eigenvalue weighted by Gasteiger charge is -2.26. The molecule has 0 aromatic heterocycles. The van der Waals surface area contributed by atoms with E-state index in [4.69, 9.17) is 0 Å². The van der Waals surface area contributed by atoms with Crippen molar-refractivity contribution in [2.45, 2.75) is 24.7 Å². The minimum absolute atomic E-state index is 0.407. The van der Waals surface area contributed by atoms with E-state index in [1.54, 1.807) is 16.4 Å². The quantitative estimate of drug-likeness (QED) is 0.893. The molecule has 5 heteroatoms. The minimum Gasteiger partial charge on any atom is -0.314 e. The molecule has 0 bridgehead atoms. The van der Waals surface area contributed by atoms with Crippen LogP contribution in [0.25, 0.3) is 0 Å². The van der Waals surface area contributed by atoms with E-state index in [9.17, 15) is 8.42 Å². The maximum Gasteiger partial charge on any atom is 0.243 e. The smallest absolute Gasteiger partial charge is 0.243 e. The Morgan fingerprint density at radius 3 is 2.33 bits per heavy atom. The number of aryl methyl sites for hydroxylation is 1. The third-order valence-corrected chi connectivity index (χ3v) is 5.09. The van der Waals surface area contributed by atoms with Gasteiger partial charge in [-0.3, -0.25) is 0 Å². The summed E-state index contributed by atoms with van der Waals surface area (Å²) >= 11 is 0. The highest BCUT2D eigenvalue weighted by molar-refractivity contribution is 7.89. The van der Waals surface area contributed by atoms with Crippen LogP contribution in [0, 0.1) is 0 Å². The summed E-state index contributed by atoms with van der Waals surface area (Å²) < 4.78 is 26.3. The molecule has 0 atom stereocenters. The number of nitrogens with one attached hydrogen (secondary N) is 1. The number of nitrogens with zero attached hydrogens (tertiary/aromatic N) is 1. The van der Waals surface area contributed by atoms with Crippen LogP contribution in [0.2, 0.25) is 0 Å². The first-order valence-electron chi connectivity index (χ1n) is 6.44. The zero-order valence-electron chi connectivity index (χ0n) is 10.7. The Hall–Kier alpha value is -0.910. The Morgan fingerprint density at radius 2 is 1.78 bits per heavy atom. The molecule has 1 aliphatic heterocycles. The molecule has 0 saturated carbocycles. The number of hydrogen-bond donors (Lipinski definition) is 1. The second kappa shape index (κ2) is 5.82. The summed E-state index contributed by atoms with van der Waals surface area (Å²) in [5.41, 5.74) is 1.19. The summed E-state index contributed by atoms with van der Waals surface area (Å²) in [5, 5.41) is 3.16. The number of piperazine rings is 1. The van der Waals surface area contributed by atoms with Crippen LogP contribution in [-0.2, 0) is 16.4 Å². The largest absolute Gasteiger partial charge is 0.314 e. The lowest BCUT2D eigenvalue weighted by Crippen LogP contribution is -2.46. The van der Waals surface area contributed by atoms with E-state index in [0.29, 0.717) is 18.0 Å². The van der Waals surface area contributed by atoms with Gasteiger partial charge in [0.15, 0.2) is 0 Å². The number of rotatable bonds is 4. The monoisotopic (exact) mass is 268 g/mol. The zero-order chi connectivity index (χ0) is 13.0. The van der Waals surface area contributed by atoms with Crippen LogP contribution in [0.3, 0.4) is 0 Å². The summed E-state index contributed by atoms with van der Waals surface area (Å²) in [7, 11) is -3.30. The van der Waals surface area contributed by atoms with Gasteiger partial charge in [0.25, 0.3) is 0 Å². The van der Waals surface area contributed by atoms with Gasteiger partial charge < -0.3 is 5.32 Å². The molecule has 0 amide bonds. The topological polar surface area (TPSA) is 49.4 Å². The Bertz CT molecular complexity index is 476. The van der Waals surface area contributed by atoms with Gasteiger partial charge >= 0.3 is 0 Å². The second-order valence-electron chi connectivity index (χ2n) is 4.55. The summed E-state index contributed by atoms with van der Waals surface area (Å²) in [5.74, 6) is 0. The van der Waals surface area contributed by atoms with Crippen LogP contribution in [0.5, 0.6) is 0 Å². The van der Waals surface area contributed by atoms with E-state index in [1.807, 2.05) is 12.1 Å². The molecule has 1 saturated heterocycles. The molecule has 100 valence electrons. The molecule has 2 rings (SSSR count). The molecular formula is C13H20N2O2S. The fraction of sp³-hybridized carbons (Fsp3) is 0.538. The summed E-state index contributed by atoms with van der Waals surface area (Å²) in [4.78, 5) is 0.407. The van der Waals surface area contributed by atoms with E-state index in [0.717, 1.165) is 25.9 Å². The van der Waals surface area contributed by atoms with Crippen LogP contribution in [0.1, 0.15) is 18.9 Å². The first kappa shape index (κ1) is 13.5. The fourth-order valence-electron chi connectivity index (χ4n) is 2.15. The predicted molar refractivity (Wildman–Crippen MR) is 72.1 cm³/mol. The first-order valence-corrected chi connectivity index (χ1v) is 7.88. The Balaban J connectivity index is 2.18. The highest BCUT2D eigenvalue weighted by Gasteiger charge is 2.25. The van der Waals surface area contributed by atoms with E-state index >= 15 is 0 Å². The van der Waals surface area contributed by atoms with Crippen molar-refractivity contribution in [1.82, 2.24) is 9.62 Å². The molecule has 0 unspecified atom stereocenters. The number of benzene rings is 1. The fourth-order valence-corrected chi connectivity index (χ4v) is 3.59. The van der Waals surface area contributed by atoms with Crippen molar-refractivity contribution in [2.24, 2.45) is 0 Å². The summed E-state index contributed by atoms with van der Waals surface area (Å²) in [6.45, 7) is 4.68. The van der Waals surface area contributed by atoms with Gasteiger partial charge in [0.1, 0.15) is 0 Å². The molecule has 18 heavy (non-hydrogen) atoms. The van der Waals surface area contributed by atoms with Gasteiger partial charge in [-0.25, -0.2) is 8.42 Å². The molecule has 1 fully saturated rings. The van der Waals surface area contributed by atoms with Crippen molar-refractivity contribution in [3.8, 4) is 0 Å². The van der Waals surface area contributed by atoms with Gasteiger partial charge in [-0.2, -0.15) is 4.31 Å². The zero-order valence-corrected chi connectivity index (χ0v) is 11.5. The molecule has 0 aliphatic carbocycles. The van der Waals surface area contributed by atoms with Gasteiger partial charge in [0.05, 0.1) is 4.90 Å². The Morgan fingerprint density at radius 1 is 1.17 bits per heavy atom. The SMILES string of the molecule is CCCc1ccc(S(=O)(=O)N2CCNCC2)cc1. The van der Waals surface area contributed by atoms with Crippen LogP contribution >= 0.6 is 0 Å². The van der Waals surface area contributed by atoms with Crippen molar-refractivity contribution in [3.05, 3.63) is 29.8 Å². The van der Waals surface area contributed by atoms with E-state index < -0.39 is 10.0 Å². The van der Waals surface area contributed by atoms with Gasteiger partial charge in [0, 0.05) is 26.2 Å². The average molecular weight is 268 g/mol. The highest BCUT2D eigenvalue weighted by atomic mass is 32.2. The lowest BCUT2D eigenvalue weighted by molar-refractivity contribution is 0.360. The van der Waals surface area contributed by atoms with Crippen molar-refractivity contribution in [3.63, 3.8) is 0 Å². The predicted octanol–water partition coefficient (Wildman–Crippen LogP) is 1.23. The molecule has 1 heterocycles. The second-order valence-corrected chi connectivity index (χ2v) is 6.49. The molecule has 1 aliphatic rings. The lowest BCUT2D eigenvalue weighted by atomic mass is 10.1. The van der Waals surface area contributed by atoms with E-state index in [-0.39, 0.29) is 0 Å². The van der Waals surface area contributed by atoms with Crippen LogP contribution < -0.4 is 5.32 Å². The Kier molecular flexibility index (Phi) is 4.37. The highest BCUT2D eigenvalue weighted by Crippen LogP contribution is 2.17. The van der Waals surface area contributed by atoms with Crippen molar-refractivity contribution < 1.29 is 8.42 Å². The minimum atomic E-state index is -3.30. The normalized spacial score (nSPS) is 17.8. The van der Waals surface area contributed by atoms with Crippen molar-refractivity contribution in [2.75, 3.05) is 26.2 Å². The average Bonchev–Trinajstić information content (AvgIpc) is 2.41. The molecule has 1 N–H and O–H groups in total. The van der Waals surface area contributed by atoms with Gasteiger partial charge in [-0.15, -0.1) is 0 Å². The van der Waals surface area contributed by atoms with Gasteiger partial charge in [-0.05, 0) is 24.1 Å². The maximum absolute atomic E-state index is 12.4. The molecule has 1 aromatic carbocycles. The summed E-state index contributed by atoms with van der Waals surface area (Å²) in [6.07, 6.45) is 2.07. The number of hydrogen-bond acceptors (Lipinski definition) is 3. The standard InChI is InChI=1S/C13H20N2O2S/c1-2-3-12-4-6-13(7-5-12)18(16,17)15-10-8-14-9-11-15/h4-7,14H,2-3,8-11H2,1H3. The third kappa shape index (κ3) is 2.91. The van der Waals surface area contributed by atoms with Gasteiger partial charge in [-0.1, -0.05) is 25.5 Å². The maximum atomic E-state index is 12.4. The molecule has 0 radical (unpaired) electrons. The van der Waals surface area contributed by atoms with Crippen LogP contribution in [-0.4, -0.2) is 38.9 Å². The van der Waals surface area contributed by atoms with E-state index in [2.05, 4.69) is 12.2 Å². The Labute approximate surface area is 109 Å². The van der Waals surface area contributed by atoms with Gasteiger partial charge in [0.2, 0.25) is 10.0 Å². The molecule has 4 nitrogen and oxygen atoms in total. The molecule has 0 spiro atoms. The van der Waals surface area contributed by atoms with E-state index in [1.165, 1.54) is 5.56 Å². The van der Waals surface area contributed by atoms with Crippen molar-refractivity contribution >= 4 is 10.0 Å². The summed E-state index contributed by atoms with van der Waals surface area (Å²) in [6, 6.07) is 7.28. The van der Waals surface area contributed by atoms with Crippen molar-refractivity contribution in [1.29, 1.82) is 0 Å². The van der Waals surface area contributed by atoms with Crippen LogP contribution in [0.4, 0.5) is 0 Å².